The van der Waals surface area contributed by atoms with Gasteiger partial charge in [-0.3, -0.25) is 10.1 Å². The van der Waals surface area contributed by atoms with E-state index in [2.05, 4.69) is 26.2 Å². The molecule has 1 aromatic heterocycles. The molecule has 0 bridgehead atoms. The van der Waals surface area contributed by atoms with Crippen LogP contribution >= 0.6 is 27.3 Å². The largest absolute Gasteiger partial charge is 0.298 e. The summed E-state index contributed by atoms with van der Waals surface area (Å²) in [6, 6.07) is 14.3. The van der Waals surface area contributed by atoms with Gasteiger partial charge in [-0.1, -0.05) is 46.3 Å². The highest BCUT2D eigenvalue weighted by atomic mass is 79.9. The lowest BCUT2D eigenvalue weighted by Crippen LogP contribution is -2.13. The van der Waals surface area contributed by atoms with E-state index < -0.39 is 11.7 Å². The van der Waals surface area contributed by atoms with Gasteiger partial charge in [0.25, 0.3) is 5.91 Å². The molecule has 0 saturated heterocycles. The molecule has 0 aliphatic rings. The van der Waals surface area contributed by atoms with E-state index in [4.69, 9.17) is 0 Å². The van der Waals surface area contributed by atoms with Crippen molar-refractivity contribution in [3.8, 4) is 0 Å². The normalized spacial score (nSPS) is 10.5. The average Bonchev–Trinajstić information content (AvgIpc) is 2.95. The van der Waals surface area contributed by atoms with Gasteiger partial charge >= 0.3 is 0 Å². The van der Waals surface area contributed by atoms with Crippen molar-refractivity contribution < 1.29 is 9.18 Å². The third kappa shape index (κ3) is 4.03. The van der Waals surface area contributed by atoms with Gasteiger partial charge in [-0.15, -0.1) is 11.3 Å². The Balaban J connectivity index is 1.70. The van der Waals surface area contributed by atoms with Crippen LogP contribution in [0.25, 0.3) is 0 Å². The molecule has 0 unspecified atom stereocenters. The maximum Gasteiger partial charge on any atom is 0.260 e. The summed E-state index contributed by atoms with van der Waals surface area (Å²) in [5.41, 5.74) is 1.17. The highest BCUT2D eigenvalue weighted by Crippen LogP contribution is 2.22. The highest BCUT2D eigenvalue weighted by molar-refractivity contribution is 9.10. The molecule has 1 heterocycles. The van der Waals surface area contributed by atoms with E-state index in [0.717, 1.165) is 11.3 Å². The topological polar surface area (TPSA) is 42.0 Å². The second-order valence-electron chi connectivity index (χ2n) is 4.87. The second-order valence-corrected chi connectivity index (χ2v) is 6.90. The standard InChI is InChI=1S/C17H12BrFN2OS/c18-12-6-7-14(15(19)9-12)16(22)21-17-20-10-13(23-17)8-11-4-2-1-3-5-11/h1-7,9-10H,8H2,(H,20,21,22). The molecule has 3 nitrogen and oxygen atoms in total. The number of thiazole rings is 1. The fourth-order valence-electron chi connectivity index (χ4n) is 2.08. The number of carbonyl (C=O) groups is 1. The third-order valence-electron chi connectivity index (χ3n) is 3.17. The van der Waals surface area contributed by atoms with Gasteiger partial charge in [-0.25, -0.2) is 9.37 Å². The Morgan fingerprint density at radius 3 is 2.74 bits per heavy atom. The Morgan fingerprint density at radius 2 is 2.00 bits per heavy atom. The van der Waals surface area contributed by atoms with Gasteiger partial charge in [0.05, 0.1) is 5.56 Å². The third-order valence-corrected chi connectivity index (χ3v) is 4.58. The molecule has 0 spiro atoms. The quantitative estimate of drug-likeness (QED) is 0.688. The monoisotopic (exact) mass is 390 g/mol. The molecule has 116 valence electrons. The molecule has 3 aromatic rings. The molecule has 0 radical (unpaired) electrons. The number of hydrogen-bond acceptors (Lipinski definition) is 3. The summed E-state index contributed by atoms with van der Waals surface area (Å²) in [5, 5.41) is 3.10. The lowest BCUT2D eigenvalue weighted by Gasteiger charge is -2.03. The fourth-order valence-corrected chi connectivity index (χ4v) is 3.26. The first kappa shape index (κ1) is 15.8. The first-order chi connectivity index (χ1) is 11.1. The van der Waals surface area contributed by atoms with Crippen molar-refractivity contribution in [1.82, 2.24) is 4.98 Å². The van der Waals surface area contributed by atoms with Crippen LogP contribution in [0.5, 0.6) is 0 Å². The van der Waals surface area contributed by atoms with Gasteiger partial charge < -0.3 is 0 Å². The Bertz CT molecular complexity index is 836. The molecule has 1 N–H and O–H groups in total. The summed E-state index contributed by atoms with van der Waals surface area (Å²) >= 11 is 4.55. The number of carbonyl (C=O) groups excluding carboxylic acids is 1. The smallest absolute Gasteiger partial charge is 0.260 e. The minimum atomic E-state index is -0.571. The Morgan fingerprint density at radius 1 is 1.22 bits per heavy atom. The second kappa shape index (κ2) is 7.02. The zero-order valence-corrected chi connectivity index (χ0v) is 14.3. The van der Waals surface area contributed by atoms with Gasteiger partial charge in [0.1, 0.15) is 5.82 Å². The van der Waals surface area contributed by atoms with Gasteiger partial charge in [0.15, 0.2) is 5.13 Å². The molecular weight excluding hydrogens is 379 g/mol. The van der Waals surface area contributed by atoms with Gasteiger partial charge in [0.2, 0.25) is 0 Å². The van der Waals surface area contributed by atoms with Crippen molar-refractivity contribution in [3.05, 3.63) is 81.0 Å². The molecule has 0 aliphatic heterocycles. The van der Waals surface area contributed by atoms with Crippen molar-refractivity contribution in [2.75, 3.05) is 5.32 Å². The first-order valence-electron chi connectivity index (χ1n) is 6.87. The summed E-state index contributed by atoms with van der Waals surface area (Å²) in [5.74, 6) is -1.08. The van der Waals surface area contributed by atoms with Crippen LogP contribution in [-0.2, 0) is 6.42 Å². The minimum Gasteiger partial charge on any atom is -0.298 e. The first-order valence-corrected chi connectivity index (χ1v) is 8.48. The number of halogens is 2. The van der Waals surface area contributed by atoms with Crippen LogP contribution in [0.3, 0.4) is 0 Å². The summed E-state index contributed by atoms with van der Waals surface area (Å²) in [6.45, 7) is 0. The van der Waals surface area contributed by atoms with Gasteiger partial charge in [0, 0.05) is 22.0 Å². The number of amides is 1. The SMILES string of the molecule is O=C(Nc1ncc(Cc2ccccc2)s1)c1ccc(Br)cc1F. The minimum absolute atomic E-state index is 0.00647. The molecule has 0 aliphatic carbocycles. The van der Waals surface area contributed by atoms with Crippen LogP contribution in [-0.4, -0.2) is 10.9 Å². The van der Waals surface area contributed by atoms with E-state index in [1.807, 2.05) is 30.3 Å². The summed E-state index contributed by atoms with van der Waals surface area (Å²) in [4.78, 5) is 17.3. The highest BCUT2D eigenvalue weighted by Gasteiger charge is 2.14. The van der Waals surface area contributed by atoms with E-state index in [-0.39, 0.29) is 5.56 Å². The summed E-state index contributed by atoms with van der Waals surface area (Å²) < 4.78 is 14.4. The van der Waals surface area contributed by atoms with Crippen molar-refractivity contribution in [2.24, 2.45) is 0 Å². The molecule has 0 atom stereocenters. The number of anilines is 1. The van der Waals surface area contributed by atoms with Crippen molar-refractivity contribution >= 4 is 38.3 Å². The molecule has 0 saturated carbocycles. The Hall–Kier alpha value is -2.05. The maximum atomic E-state index is 13.8. The van der Waals surface area contributed by atoms with Crippen LogP contribution in [0.4, 0.5) is 9.52 Å². The van der Waals surface area contributed by atoms with Crippen LogP contribution in [0, 0.1) is 5.82 Å². The number of rotatable bonds is 4. The van der Waals surface area contributed by atoms with Crippen molar-refractivity contribution in [3.63, 3.8) is 0 Å². The fraction of sp³-hybridized carbons (Fsp3) is 0.0588. The molecule has 1 amide bonds. The van der Waals surface area contributed by atoms with E-state index in [1.54, 1.807) is 12.3 Å². The van der Waals surface area contributed by atoms with Gasteiger partial charge in [-0.05, 0) is 23.8 Å². The molecule has 3 rings (SSSR count). The molecule has 2 aromatic carbocycles. The predicted molar refractivity (Wildman–Crippen MR) is 93.4 cm³/mol. The maximum absolute atomic E-state index is 13.8. The van der Waals surface area contributed by atoms with E-state index >= 15 is 0 Å². The zero-order valence-electron chi connectivity index (χ0n) is 11.9. The molecule has 6 heteroatoms. The van der Waals surface area contributed by atoms with Gasteiger partial charge in [-0.2, -0.15) is 0 Å². The van der Waals surface area contributed by atoms with Crippen LogP contribution in [0.15, 0.2) is 59.2 Å². The number of nitrogens with zero attached hydrogens (tertiary/aromatic N) is 1. The molecule has 23 heavy (non-hydrogen) atoms. The summed E-state index contributed by atoms with van der Waals surface area (Å²) in [6.07, 6.45) is 2.48. The lowest BCUT2D eigenvalue weighted by molar-refractivity contribution is 0.102. The Kier molecular flexibility index (Phi) is 4.83. The van der Waals surface area contributed by atoms with E-state index in [1.165, 1.54) is 29.0 Å². The molecule has 0 fully saturated rings. The number of hydrogen-bond donors (Lipinski definition) is 1. The van der Waals surface area contributed by atoms with Crippen molar-refractivity contribution in [1.29, 1.82) is 0 Å². The lowest BCUT2D eigenvalue weighted by atomic mass is 10.1. The van der Waals surface area contributed by atoms with Crippen LogP contribution in [0.2, 0.25) is 0 Å². The van der Waals surface area contributed by atoms with E-state index in [9.17, 15) is 9.18 Å². The Labute approximate surface area is 145 Å². The van der Waals surface area contributed by atoms with Crippen LogP contribution < -0.4 is 5.32 Å². The number of aromatic nitrogens is 1. The number of benzene rings is 2. The van der Waals surface area contributed by atoms with Crippen molar-refractivity contribution in [2.45, 2.75) is 6.42 Å². The van der Waals surface area contributed by atoms with E-state index in [0.29, 0.717) is 9.60 Å². The average molecular weight is 391 g/mol. The van der Waals surface area contributed by atoms with Crippen LogP contribution in [0.1, 0.15) is 20.8 Å². The molecular formula is C17H12BrFN2OS. The summed E-state index contributed by atoms with van der Waals surface area (Å²) in [7, 11) is 0. The predicted octanol–water partition coefficient (Wildman–Crippen LogP) is 4.89. The zero-order chi connectivity index (χ0) is 16.2. The number of nitrogens with one attached hydrogen (secondary N) is 1.